The summed E-state index contributed by atoms with van der Waals surface area (Å²) in [5, 5.41) is 16.3. The third-order valence-corrected chi connectivity index (χ3v) is 4.73. The summed E-state index contributed by atoms with van der Waals surface area (Å²) >= 11 is 0. The number of nitro benzene ring substituents is 1. The SMILES string of the molecule is O=C(C1=NN(Cc2ccccc2)C(=O)CC1)N(Cc1ccccc1[N+](=O)[O-])CC(F)(F)F. The van der Waals surface area contributed by atoms with Crippen LogP contribution in [0.1, 0.15) is 24.0 Å². The lowest BCUT2D eigenvalue weighted by Gasteiger charge is -2.28. The van der Waals surface area contributed by atoms with Gasteiger partial charge >= 0.3 is 6.18 Å². The van der Waals surface area contributed by atoms with Gasteiger partial charge in [0.15, 0.2) is 0 Å². The summed E-state index contributed by atoms with van der Waals surface area (Å²) in [5.74, 6) is -1.38. The maximum Gasteiger partial charge on any atom is 0.406 e. The van der Waals surface area contributed by atoms with Gasteiger partial charge in [0, 0.05) is 24.5 Å². The molecule has 1 heterocycles. The molecule has 1 aliphatic heterocycles. The molecule has 0 spiro atoms. The average Bonchev–Trinajstić information content (AvgIpc) is 2.74. The number of alkyl halides is 3. The van der Waals surface area contributed by atoms with E-state index in [-0.39, 0.29) is 42.3 Å². The molecule has 0 radical (unpaired) electrons. The van der Waals surface area contributed by atoms with E-state index in [0.717, 1.165) is 16.6 Å². The van der Waals surface area contributed by atoms with E-state index in [4.69, 9.17) is 0 Å². The molecule has 168 valence electrons. The molecule has 0 unspecified atom stereocenters. The van der Waals surface area contributed by atoms with E-state index in [1.54, 1.807) is 30.3 Å². The van der Waals surface area contributed by atoms with Gasteiger partial charge in [-0.05, 0) is 5.56 Å². The topological polar surface area (TPSA) is 96.1 Å². The van der Waals surface area contributed by atoms with Crippen LogP contribution in [0, 0.1) is 10.1 Å². The van der Waals surface area contributed by atoms with Gasteiger partial charge in [-0.3, -0.25) is 19.7 Å². The third-order valence-electron chi connectivity index (χ3n) is 4.73. The van der Waals surface area contributed by atoms with E-state index in [1.807, 2.05) is 0 Å². The van der Waals surface area contributed by atoms with Crippen LogP contribution in [0.25, 0.3) is 0 Å². The monoisotopic (exact) mass is 448 g/mol. The maximum absolute atomic E-state index is 13.2. The molecule has 0 aromatic heterocycles. The minimum absolute atomic E-state index is 0.0382. The second-order valence-corrected chi connectivity index (χ2v) is 7.15. The lowest BCUT2D eigenvalue weighted by atomic mass is 10.1. The summed E-state index contributed by atoms with van der Waals surface area (Å²) in [6.45, 7) is -2.16. The summed E-state index contributed by atoms with van der Waals surface area (Å²) in [4.78, 5) is 36.1. The third kappa shape index (κ3) is 5.90. The normalized spacial score (nSPS) is 14.2. The number of rotatable bonds is 7. The van der Waals surface area contributed by atoms with Crippen LogP contribution in [0.2, 0.25) is 0 Å². The van der Waals surface area contributed by atoms with E-state index in [0.29, 0.717) is 4.90 Å². The number of halogens is 3. The zero-order chi connectivity index (χ0) is 23.3. The summed E-state index contributed by atoms with van der Waals surface area (Å²) < 4.78 is 39.6. The molecule has 8 nitrogen and oxygen atoms in total. The molecule has 0 saturated heterocycles. The molecule has 0 bridgehead atoms. The van der Waals surface area contributed by atoms with Crippen molar-refractivity contribution in [3.8, 4) is 0 Å². The standard InChI is InChI=1S/C21H19F3N4O4/c22-21(23,24)14-26(13-16-8-4-5-9-18(16)28(31)32)20(30)17-10-11-19(29)27(25-17)12-15-6-2-1-3-7-15/h1-9H,10-14H2. The maximum atomic E-state index is 13.2. The van der Waals surface area contributed by atoms with Crippen molar-refractivity contribution >= 4 is 23.2 Å². The molecule has 2 aromatic rings. The molecule has 0 saturated carbocycles. The summed E-state index contributed by atoms with van der Waals surface area (Å²) in [7, 11) is 0. The molecule has 0 fully saturated rings. The van der Waals surface area contributed by atoms with E-state index >= 15 is 0 Å². The Bertz CT molecular complexity index is 1040. The van der Waals surface area contributed by atoms with Crippen LogP contribution in [0.5, 0.6) is 0 Å². The van der Waals surface area contributed by atoms with Crippen molar-refractivity contribution in [2.24, 2.45) is 5.10 Å². The number of amides is 2. The Kier molecular flexibility index (Phi) is 6.86. The number of benzene rings is 2. The summed E-state index contributed by atoms with van der Waals surface area (Å²) in [6, 6.07) is 14.1. The number of carbonyl (C=O) groups excluding carboxylic acids is 2. The smallest absolute Gasteiger partial charge is 0.324 e. The molecule has 11 heteroatoms. The van der Waals surface area contributed by atoms with Crippen LogP contribution in [-0.2, 0) is 22.7 Å². The Morgan fingerprint density at radius 2 is 1.75 bits per heavy atom. The van der Waals surface area contributed by atoms with Gasteiger partial charge in [0.05, 0.1) is 18.0 Å². The fourth-order valence-electron chi connectivity index (χ4n) is 3.26. The van der Waals surface area contributed by atoms with Gasteiger partial charge in [-0.15, -0.1) is 0 Å². The first-order chi connectivity index (χ1) is 15.1. The molecule has 32 heavy (non-hydrogen) atoms. The van der Waals surface area contributed by atoms with Crippen LogP contribution in [0.15, 0.2) is 59.7 Å². The van der Waals surface area contributed by atoms with E-state index in [2.05, 4.69) is 5.10 Å². The van der Waals surface area contributed by atoms with Crippen LogP contribution < -0.4 is 0 Å². The zero-order valence-corrected chi connectivity index (χ0v) is 16.8. The molecular weight excluding hydrogens is 429 g/mol. The number of carbonyl (C=O) groups is 2. The van der Waals surface area contributed by atoms with Gasteiger partial charge < -0.3 is 4.90 Å². The van der Waals surface area contributed by atoms with E-state index in [1.165, 1.54) is 18.2 Å². The van der Waals surface area contributed by atoms with Crippen molar-refractivity contribution in [3.63, 3.8) is 0 Å². The highest BCUT2D eigenvalue weighted by molar-refractivity contribution is 6.39. The molecular formula is C21H19F3N4O4. The number of hydrogen-bond donors (Lipinski definition) is 0. The first-order valence-corrected chi connectivity index (χ1v) is 9.64. The van der Waals surface area contributed by atoms with Gasteiger partial charge in [0.25, 0.3) is 11.6 Å². The van der Waals surface area contributed by atoms with Gasteiger partial charge in [0.1, 0.15) is 12.3 Å². The Morgan fingerprint density at radius 1 is 1.09 bits per heavy atom. The van der Waals surface area contributed by atoms with Crippen LogP contribution >= 0.6 is 0 Å². The molecule has 2 aromatic carbocycles. The predicted molar refractivity (Wildman–Crippen MR) is 108 cm³/mol. The Labute approximate surface area is 181 Å². The highest BCUT2D eigenvalue weighted by Gasteiger charge is 2.36. The van der Waals surface area contributed by atoms with Crippen molar-refractivity contribution in [3.05, 3.63) is 75.8 Å². The number of nitrogens with zero attached hydrogens (tertiary/aromatic N) is 4. The van der Waals surface area contributed by atoms with Crippen molar-refractivity contribution < 1.29 is 27.7 Å². The van der Waals surface area contributed by atoms with Crippen LogP contribution in [0.4, 0.5) is 18.9 Å². The van der Waals surface area contributed by atoms with Crippen molar-refractivity contribution in [2.45, 2.75) is 32.1 Å². The second-order valence-electron chi connectivity index (χ2n) is 7.15. The Hall–Kier alpha value is -3.76. The summed E-state index contributed by atoms with van der Waals surface area (Å²) in [6.07, 6.45) is -4.93. The lowest BCUT2D eigenvalue weighted by molar-refractivity contribution is -0.385. The average molecular weight is 448 g/mol. The number of hydrazone groups is 1. The Balaban J connectivity index is 1.87. The minimum atomic E-state index is -4.73. The largest absolute Gasteiger partial charge is 0.406 e. The van der Waals surface area contributed by atoms with Crippen LogP contribution in [-0.4, -0.2) is 45.1 Å². The second kappa shape index (κ2) is 9.58. The highest BCUT2D eigenvalue weighted by Crippen LogP contribution is 2.24. The first-order valence-electron chi connectivity index (χ1n) is 9.64. The van der Waals surface area contributed by atoms with E-state index < -0.39 is 30.1 Å². The fraction of sp³-hybridized carbons (Fsp3) is 0.286. The van der Waals surface area contributed by atoms with Crippen LogP contribution in [0.3, 0.4) is 0 Å². The number of para-hydroxylation sites is 1. The number of nitro groups is 1. The molecule has 1 aliphatic rings. The fourth-order valence-corrected chi connectivity index (χ4v) is 3.26. The minimum Gasteiger partial charge on any atom is -0.324 e. The first kappa shape index (κ1) is 22.9. The van der Waals surface area contributed by atoms with Crippen molar-refractivity contribution in [1.29, 1.82) is 0 Å². The summed E-state index contributed by atoms with van der Waals surface area (Å²) in [5.41, 5.74) is 0.108. The number of hydrogen-bond acceptors (Lipinski definition) is 5. The molecule has 0 N–H and O–H groups in total. The van der Waals surface area contributed by atoms with Crippen molar-refractivity contribution in [2.75, 3.05) is 6.54 Å². The molecule has 2 amide bonds. The highest BCUT2D eigenvalue weighted by atomic mass is 19.4. The quantitative estimate of drug-likeness (QED) is 0.477. The van der Waals surface area contributed by atoms with Gasteiger partial charge in [0.2, 0.25) is 5.91 Å². The Morgan fingerprint density at radius 3 is 2.41 bits per heavy atom. The molecule has 0 atom stereocenters. The van der Waals surface area contributed by atoms with Gasteiger partial charge in [-0.1, -0.05) is 48.5 Å². The van der Waals surface area contributed by atoms with Crippen molar-refractivity contribution in [1.82, 2.24) is 9.91 Å². The molecule has 3 rings (SSSR count). The van der Waals surface area contributed by atoms with Gasteiger partial charge in [-0.25, -0.2) is 5.01 Å². The van der Waals surface area contributed by atoms with Gasteiger partial charge in [-0.2, -0.15) is 18.3 Å². The lowest BCUT2D eigenvalue weighted by Crippen LogP contribution is -2.44. The molecule has 0 aliphatic carbocycles. The van der Waals surface area contributed by atoms with E-state index in [9.17, 15) is 32.9 Å². The zero-order valence-electron chi connectivity index (χ0n) is 16.8. The predicted octanol–water partition coefficient (Wildman–Crippen LogP) is 3.66.